The fourth-order valence-corrected chi connectivity index (χ4v) is 8.18. The fraction of sp³-hybridized carbons (Fsp3) is 0.256. The average Bonchev–Trinajstić information content (AvgIpc) is 3.00. The molecule has 1 unspecified atom stereocenters. The van der Waals surface area contributed by atoms with Gasteiger partial charge in [-0.1, -0.05) is 112 Å². The number of carboxylic acids is 1. The van der Waals surface area contributed by atoms with Crippen LogP contribution in [0.5, 0.6) is 0 Å². The van der Waals surface area contributed by atoms with E-state index in [4.69, 9.17) is 0 Å². The first-order valence-corrected chi connectivity index (χ1v) is 16.2. The summed E-state index contributed by atoms with van der Waals surface area (Å²) in [5, 5.41) is 14.1. The number of aryl methyl sites for hydroxylation is 1. The van der Waals surface area contributed by atoms with Crippen LogP contribution in [0, 0.1) is 12.3 Å². The monoisotopic (exact) mass is 604 g/mol. The summed E-state index contributed by atoms with van der Waals surface area (Å²) < 4.78 is 0. The number of rotatable bonds is 5. The zero-order chi connectivity index (χ0) is 32.5. The highest BCUT2D eigenvalue weighted by Gasteiger charge is 2.37. The summed E-state index contributed by atoms with van der Waals surface area (Å²) in [5.41, 5.74) is 11.2. The van der Waals surface area contributed by atoms with Gasteiger partial charge in [-0.05, 0) is 122 Å². The second-order valence-corrected chi connectivity index (χ2v) is 14.7. The van der Waals surface area contributed by atoms with E-state index in [9.17, 15) is 14.7 Å². The molecule has 3 heteroatoms. The molecule has 5 aromatic rings. The van der Waals surface area contributed by atoms with Crippen molar-refractivity contribution in [1.82, 2.24) is 0 Å². The quantitative estimate of drug-likeness (QED) is 0.217. The Morgan fingerprint density at radius 3 is 2.17 bits per heavy atom. The fourth-order valence-electron chi connectivity index (χ4n) is 8.18. The maximum Gasteiger partial charge on any atom is 0.335 e. The van der Waals surface area contributed by atoms with Gasteiger partial charge in [0.1, 0.15) is 5.78 Å². The minimum Gasteiger partial charge on any atom is -0.478 e. The summed E-state index contributed by atoms with van der Waals surface area (Å²) in [6.45, 7) is 13.2. The predicted octanol–water partition coefficient (Wildman–Crippen LogP) is 10.8. The van der Waals surface area contributed by atoms with Crippen LogP contribution in [-0.2, 0) is 10.2 Å². The van der Waals surface area contributed by atoms with E-state index in [0.29, 0.717) is 0 Å². The number of allylic oxidation sites excluding steroid dienone is 4. The van der Waals surface area contributed by atoms with Crippen LogP contribution in [-0.4, -0.2) is 16.9 Å². The lowest BCUT2D eigenvalue weighted by molar-refractivity contribution is -0.117. The number of aromatic carboxylic acids is 1. The van der Waals surface area contributed by atoms with Crippen molar-refractivity contribution < 1.29 is 14.7 Å². The summed E-state index contributed by atoms with van der Waals surface area (Å²) in [6, 6.07) is 28.5. The van der Waals surface area contributed by atoms with Crippen molar-refractivity contribution in [2.75, 3.05) is 0 Å². The molecule has 0 aromatic heterocycles. The summed E-state index contributed by atoms with van der Waals surface area (Å²) >= 11 is 0. The van der Waals surface area contributed by atoms with Crippen molar-refractivity contribution in [1.29, 1.82) is 0 Å². The number of benzene rings is 5. The first-order chi connectivity index (χ1) is 21.8. The summed E-state index contributed by atoms with van der Waals surface area (Å²) in [5.74, 6) is -1.51. The summed E-state index contributed by atoms with van der Waals surface area (Å²) in [7, 11) is 0. The molecule has 230 valence electrons. The Bertz CT molecular complexity index is 2160. The lowest BCUT2D eigenvalue weighted by atomic mass is 9.64. The van der Waals surface area contributed by atoms with Crippen LogP contribution in [0.2, 0.25) is 0 Å². The van der Waals surface area contributed by atoms with Crippen molar-refractivity contribution in [2.45, 2.75) is 65.7 Å². The molecule has 1 atom stereocenters. The van der Waals surface area contributed by atoms with Crippen molar-refractivity contribution in [3.63, 3.8) is 0 Å². The van der Waals surface area contributed by atoms with E-state index in [0.717, 1.165) is 51.4 Å². The van der Waals surface area contributed by atoms with Gasteiger partial charge in [0.05, 0.1) is 11.5 Å². The Hall–Kier alpha value is -4.76. The van der Waals surface area contributed by atoms with E-state index >= 15 is 0 Å². The summed E-state index contributed by atoms with van der Waals surface area (Å²) in [6.07, 6.45) is 6.87. The molecule has 0 aliphatic heterocycles. The van der Waals surface area contributed by atoms with E-state index in [1.807, 2.05) is 12.1 Å². The van der Waals surface area contributed by atoms with Crippen molar-refractivity contribution in [3.05, 3.63) is 136 Å². The number of hydrogen-bond donors (Lipinski definition) is 1. The van der Waals surface area contributed by atoms with Gasteiger partial charge in [-0.3, -0.25) is 4.79 Å². The number of carboxylic acid groups (broad SMARTS) is 1. The number of Topliss-reactive ketones (excluding diaryl/α,β-unsaturated/α-hetero) is 1. The number of ketones is 1. The Labute approximate surface area is 271 Å². The highest BCUT2D eigenvalue weighted by molar-refractivity contribution is 6.03. The van der Waals surface area contributed by atoms with Crippen LogP contribution in [0.3, 0.4) is 0 Å². The molecule has 0 saturated heterocycles. The molecule has 0 bridgehead atoms. The van der Waals surface area contributed by atoms with Gasteiger partial charge in [0.15, 0.2) is 0 Å². The number of carbonyl (C=O) groups excluding carboxylic acids is 1. The maximum atomic E-state index is 13.5. The molecule has 2 aliphatic carbocycles. The molecule has 46 heavy (non-hydrogen) atoms. The molecule has 7 rings (SSSR count). The van der Waals surface area contributed by atoms with Crippen LogP contribution >= 0.6 is 0 Å². The first-order valence-electron chi connectivity index (χ1n) is 16.2. The predicted molar refractivity (Wildman–Crippen MR) is 190 cm³/mol. The number of fused-ring (bicyclic) bond motifs is 5. The molecule has 0 fully saturated rings. The number of carbonyl (C=O) groups is 2. The summed E-state index contributed by atoms with van der Waals surface area (Å²) in [4.78, 5) is 25.1. The van der Waals surface area contributed by atoms with E-state index in [2.05, 4.69) is 95.3 Å². The highest BCUT2D eigenvalue weighted by Crippen LogP contribution is 2.52. The van der Waals surface area contributed by atoms with Gasteiger partial charge in [-0.2, -0.15) is 0 Å². The topological polar surface area (TPSA) is 54.4 Å². The maximum absolute atomic E-state index is 13.5. The molecule has 0 spiro atoms. The minimum absolute atomic E-state index is 0.00115. The van der Waals surface area contributed by atoms with Crippen molar-refractivity contribution >= 4 is 38.9 Å². The Morgan fingerprint density at radius 1 is 0.761 bits per heavy atom. The Morgan fingerprint density at radius 2 is 1.46 bits per heavy atom. The number of hydrogen-bond acceptors (Lipinski definition) is 2. The van der Waals surface area contributed by atoms with Gasteiger partial charge >= 0.3 is 5.97 Å². The molecular weight excluding hydrogens is 564 g/mol. The van der Waals surface area contributed by atoms with Gasteiger partial charge in [0.25, 0.3) is 0 Å². The zero-order valence-electron chi connectivity index (χ0n) is 27.5. The largest absolute Gasteiger partial charge is 0.478 e. The van der Waals surface area contributed by atoms with Gasteiger partial charge in [0.2, 0.25) is 0 Å². The van der Waals surface area contributed by atoms with Crippen LogP contribution in [0.1, 0.15) is 91.6 Å². The standard InChI is InChI=1S/C43H40O3/c1-25-21-37-30(16-18-35-32-19-20-42(3,4)23-31(32)24-43(5,6)40(35)37)22-36(25)34-17-15-27-9-7-8-10-33(27)39(34)38(26(2)44)28-11-13-29(14-12-28)41(45)46/h7-22,38H,23-24H2,1-6H3,(H,45,46). The lowest BCUT2D eigenvalue weighted by Gasteiger charge is -2.40. The van der Waals surface area contributed by atoms with E-state index in [-0.39, 0.29) is 22.2 Å². The molecule has 0 radical (unpaired) electrons. The second-order valence-electron chi connectivity index (χ2n) is 14.7. The van der Waals surface area contributed by atoms with Crippen LogP contribution in [0.4, 0.5) is 0 Å². The van der Waals surface area contributed by atoms with Crippen LogP contribution < -0.4 is 0 Å². The highest BCUT2D eigenvalue weighted by atomic mass is 16.4. The van der Waals surface area contributed by atoms with E-state index < -0.39 is 11.9 Å². The molecule has 0 saturated carbocycles. The molecular formula is C43H40O3. The second kappa shape index (κ2) is 10.7. The average molecular weight is 605 g/mol. The third kappa shape index (κ3) is 4.90. The SMILES string of the molecule is CC(=O)C(c1ccc(C(=O)O)cc1)c1c(-c2cc3ccc4c(c3cc2C)C(C)(C)CC2=C4C=CC(C)(C)C2)ccc2ccccc12. The molecule has 0 heterocycles. The Balaban J connectivity index is 1.45. The lowest BCUT2D eigenvalue weighted by Crippen LogP contribution is -2.27. The van der Waals surface area contributed by atoms with Crippen LogP contribution in [0.15, 0.2) is 103 Å². The van der Waals surface area contributed by atoms with Gasteiger partial charge in [-0.25, -0.2) is 4.79 Å². The van der Waals surface area contributed by atoms with Gasteiger partial charge in [-0.15, -0.1) is 0 Å². The first kappa shape index (κ1) is 29.9. The van der Waals surface area contributed by atoms with Gasteiger partial charge in [0, 0.05) is 0 Å². The van der Waals surface area contributed by atoms with Gasteiger partial charge < -0.3 is 5.11 Å². The van der Waals surface area contributed by atoms with Crippen molar-refractivity contribution in [2.24, 2.45) is 5.41 Å². The third-order valence-corrected chi connectivity index (χ3v) is 10.2. The normalized spacial score (nSPS) is 17.1. The Kier molecular flexibility index (Phi) is 6.93. The molecule has 3 nitrogen and oxygen atoms in total. The third-order valence-electron chi connectivity index (χ3n) is 10.2. The van der Waals surface area contributed by atoms with E-state index in [1.165, 1.54) is 27.5 Å². The smallest absolute Gasteiger partial charge is 0.335 e. The molecule has 1 N–H and O–H groups in total. The van der Waals surface area contributed by atoms with E-state index in [1.54, 1.807) is 36.8 Å². The molecule has 5 aromatic carbocycles. The molecule has 2 aliphatic rings. The van der Waals surface area contributed by atoms with Crippen molar-refractivity contribution in [3.8, 4) is 11.1 Å². The van der Waals surface area contributed by atoms with Crippen LogP contribution in [0.25, 0.3) is 38.2 Å². The zero-order valence-corrected chi connectivity index (χ0v) is 27.5. The molecule has 0 amide bonds. The minimum atomic E-state index is -0.982.